The number of halogens is 3. The van der Waals surface area contributed by atoms with E-state index in [-0.39, 0.29) is 16.7 Å². The molecular weight excluding hydrogens is 363 g/mol. The van der Waals surface area contributed by atoms with Crippen LogP contribution < -0.4 is 11.1 Å². The first-order valence-corrected chi connectivity index (χ1v) is 8.82. The van der Waals surface area contributed by atoms with Gasteiger partial charge >= 0.3 is 5.97 Å². The van der Waals surface area contributed by atoms with Crippen molar-refractivity contribution in [3.63, 3.8) is 0 Å². The number of nitrogens with one attached hydrogen (secondary N) is 1. The highest BCUT2D eigenvalue weighted by molar-refractivity contribution is 6.75. The van der Waals surface area contributed by atoms with Gasteiger partial charge in [-0.15, -0.1) is 0 Å². The Morgan fingerprint density at radius 3 is 2.39 bits per heavy atom. The number of alkyl halides is 3. The summed E-state index contributed by atoms with van der Waals surface area (Å²) in [6.07, 6.45) is 1.49. The number of hydrogen-bond acceptors (Lipinski definition) is 4. The van der Waals surface area contributed by atoms with Crippen LogP contribution in [0.3, 0.4) is 0 Å². The first-order valence-electron chi connectivity index (χ1n) is 7.68. The molecule has 0 spiro atoms. The first-order chi connectivity index (χ1) is 10.4. The van der Waals surface area contributed by atoms with E-state index in [1.807, 2.05) is 20.8 Å². The number of hydrogen-bond donors (Lipinski definition) is 2. The number of fused-ring (bicyclic) bond motifs is 2. The number of rotatable bonds is 4. The van der Waals surface area contributed by atoms with E-state index in [4.69, 9.17) is 45.3 Å². The number of esters is 1. The zero-order valence-corrected chi connectivity index (χ0v) is 15.8. The molecule has 3 atom stereocenters. The molecule has 3 N–H and O–H groups in total. The molecule has 2 aliphatic rings. The molecule has 8 heteroatoms. The number of nitrogens with two attached hydrogens (primary N) is 1. The normalized spacial score (nSPS) is 35.2. The van der Waals surface area contributed by atoms with Gasteiger partial charge in [-0.2, -0.15) is 0 Å². The largest absolute Gasteiger partial charge is 0.459 e. The lowest BCUT2D eigenvalue weighted by molar-refractivity contribution is -0.156. The summed E-state index contributed by atoms with van der Waals surface area (Å²) in [4.78, 5) is 24.7. The Morgan fingerprint density at radius 2 is 1.87 bits per heavy atom. The molecule has 0 aliphatic heterocycles. The second-order valence-electron chi connectivity index (χ2n) is 7.26. The fraction of sp³-hybridized carbons (Fsp3) is 0.867. The second kappa shape index (κ2) is 5.94. The van der Waals surface area contributed by atoms with Crippen molar-refractivity contribution in [1.29, 1.82) is 0 Å². The van der Waals surface area contributed by atoms with Crippen molar-refractivity contribution in [2.75, 3.05) is 13.1 Å². The summed E-state index contributed by atoms with van der Waals surface area (Å²) in [5, 5.41) is 2.89. The van der Waals surface area contributed by atoms with Crippen LogP contribution in [0.5, 0.6) is 0 Å². The molecule has 1 amide bonds. The van der Waals surface area contributed by atoms with Crippen LogP contribution in [-0.4, -0.2) is 34.9 Å². The summed E-state index contributed by atoms with van der Waals surface area (Å²) in [5.74, 6) is -0.932. The summed E-state index contributed by atoms with van der Waals surface area (Å²) >= 11 is 16.8. The molecule has 2 fully saturated rings. The predicted octanol–water partition coefficient (Wildman–Crippen LogP) is 2.56. The molecule has 0 aromatic carbocycles. The maximum Gasteiger partial charge on any atom is 0.358 e. The molecule has 0 radical (unpaired) electrons. The Morgan fingerprint density at radius 1 is 1.26 bits per heavy atom. The zero-order chi connectivity index (χ0) is 17.7. The first kappa shape index (κ1) is 19.1. The molecule has 0 unspecified atom stereocenters. The maximum absolute atomic E-state index is 12.8. The standard InChI is InChI=1S/C15H23Cl3N2O3/c1-12(2)13(3)4-5-14(12,10(21)20-7-6-19)8-9(13)23-11(22)15(16,17)18/h9H,4-8,19H2,1-3H3,(H,20,21)/t9-,13+,14-/m0/s1. The minimum absolute atomic E-state index is 0.0379. The second-order valence-corrected chi connectivity index (χ2v) is 9.55. The lowest BCUT2D eigenvalue weighted by Gasteiger charge is -2.40. The molecule has 23 heavy (non-hydrogen) atoms. The van der Waals surface area contributed by atoms with E-state index in [9.17, 15) is 9.59 Å². The van der Waals surface area contributed by atoms with Gasteiger partial charge in [0, 0.05) is 18.5 Å². The van der Waals surface area contributed by atoms with Gasteiger partial charge in [-0.3, -0.25) is 4.79 Å². The molecular formula is C15H23Cl3N2O3. The van der Waals surface area contributed by atoms with Crippen molar-refractivity contribution >= 4 is 46.7 Å². The Balaban J connectivity index is 2.28. The van der Waals surface area contributed by atoms with E-state index >= 15 is 0 Å². The topological polar surface area (TPSA) is 81.4 Å². The lowest BCUT2D eigenvalue weighted by Crippen LogP contribution is -2.47. The van der Waals surface area contributed by atoms with E-state index in [0.717, 1.165) is 12.8 Å². The van der Waals surface area contributed by atoms with Crippen LogP contribution in [0.15, 0.2) is 0 Å². The minimum atomic E-state index is -2.11. The molecule has 2 rings (SSSR count). The van der Waals surface area contributed by atoms with Crippen molar-refractivity contribution in [3.8, 4) is 0 Å². The van der Waals surface area contributed by atoms with Gasteiger partial charge in [-0.1, -0.05) is 55.6 Å². The van der Waals surface area contributed by atoms with Crippen molar-refractivity contribution in [1.82, 2.24) is 5.32 Å². The van der Waals surface area contributed by atoms with Crippen molar-refractivity contribution < 1.29 is 14.3 Å². The van der Waals surface area contributed by atoms with Gasteiger partial charge in [0.25, 0.3) is 3.79 Å². The summed E-state index contributed by atoms with van der Waals surface area (Å²) in [6, 6.07) is 0. The zero-order valence-electron chi connectivity index (χ0n) is 13.5. The van der Waals surface area contributed by atoms with Crippen LogP contribution in [-0.2, 0) is 14.3 Å². The van der Waals surface area contributed by atoms with Crippen LogP contribution in [0, 0.1) is 16.2 Å². The smallest absolute Gasteiger partial charge is 0.358 e. The molecule has 0 heterocycles. The minimum Gasteiger partial charge on any atom is -0.459 e. The summed E-state index contributed by atoms with van der Waals surface area (Å²) in [6.45, 7) is 6.93. The fourth-order valence-electron chi connectivity index (χ4n) is 4.32. The molecule has 2 aliphatic carbocycles. The van der Waals surface area contributed by atoms with Crippen molar-refractivity contribution in [2.45, 2.75) is 49.9 Å². The highest BCUT2D eigenvalue weighted by atomic mass is 35.6. The Labute approximate surface area is 151 Å². The van der Waals surface area contributed by atoms with Crippen LogP contribution in [0.4, 0.5) is 0 Å². The van der Waals surface area contributed by atoms with Gasteiger partial charge in [0.15, 0.2) is 0 Å². The van der Waals surface area contributed by atoms with E-state index < -0.39 is 21.3 Å². The monoisotopic (exact) mass is 384 g/mol. The van der Waals surface area contributed by atoms with Gasteiger partial charge in [0.05, 0.1) is 5.41 Å². The third-order valence-corrected chi connectivity index (χ3v) is 6.75. The van der Waals surface area contributed by atoms with Gasteiger partial charge in [-0.25, -0.2) is 4.79 Å². The Kier molecular flexibility index (Phi) is 4.93. The molecule has 5 nitrogen and oxygen atoms in total. The van der Waals surface area contributed by atoms with E-state index in [0.29, 0.717) is 19.5 Å². The third-order valence-electron chi connectivity index (χ3n) is 6.29. The number of carbonyl (C=O) groups excluding carboxylic acids is 2. The third kappa shape index (κ3) is 2.74. The Hall–Kier alpha value is -0.230. The number of amides is 1. The summed E-state index contributed by atoms with van der Waals surface area (Å²) in [5.41, 5.74) is 4.18. The molecule has 132 valence electrons. The van der Waals surface area contributed by atoms with E-state index in [2.05, 4.69) is 5.32 Å². The van der Waals surface area contributed by atoms with Crippen LogP contribution in [0.2, 0.25) is 0 Å². The van der Waals surface area contributed by atoms with E-state index in [1.54, 1.807) is 0 Å². The average Bonchev–Trinajstić information content (AvgIpc) is 2.74. The van der Waals surface area contributed by atoms with Gasteiger partial charge < -0.3 is 15.8 Å². The molecule has 0 aromatic heterocycles. The lowest BCUT2D eigenvalue weighted by atomic mass is 9.64. The van der Waals surface area contributed by atoms with Crippen molar-refractivity contribution in [3.05, 3.63) is 0 Å². The Bertz CT molecular complexity index is 521. The molecule has 0 saturated heterocycles. The van der Waals surface area contributed by atoms with Gasteiger partial charge in [0.2, 0.25) is 5.91 Å². The van der Waals surface area contributed by atoms with Crippen LogP contribution in [0.1, 0.15) is 40.0 Å². The number of carbonyl (C=O) groups is 2. The number of ether oxygens (including phenoxy) is 1. The molecule has 0 aromatic rings. The predicted molar refractivity (Wildman–Crippen MR) is 90.4 cm³/mol. The van der Waals surface area contributed by atoms with Crippen LogP contribution in [0.25, 0.3) is 0 Å². The maximum atomic E-state index is 12.8. The highest BCUT2D eigenvalue weighted by Crippen LogP contribution is 2.72. The van der Waals surface area contributed by atoms with Gasteiger partial charge in [-0.05, 0) is 24.7 Å². The quantitative estimate of drug-likeness (QED) is 0.575. The van der Waals surface area contributed by atoms with Crippen molar-refractivity contribution in [2.24, 2.45) is 22.0 Å². The van der Waals surface area contributed by atoms with E-state index in [1.165, 1.54) is 0 Å². The highest BCUT2D eigenvalue weighted by Gasteiger charge is 2.73. The summed E-state index contributed by atoms with van der Waals surface area (Å²) in [7, 11) is 0. The SMILES string of the molecule is CC1(C)[C@@]2(C(=O)NCCN)CC[C@]1(C)[C@@H](OC(=O)C(Cl)(Cl)Cl)C2. The van der Waals surface area contributed by atoms with Gasteiger partial charge in [0.1, 0.15) is 6.10 Å². The average molecular weight is 386 g/mol. The van der Waals surface area contributed by atoms with Crippen LogP contribution >= 0.6 is 34.8 Å². The summed E-state index contributed by atoms with van der Waals surface area (Å²) < 4.78 is 3.37. The fourth-order valence-corrected chi connectivity index (χ4v) is 4.45. The molecule has 2 saturated carbocycles. The molecule has 2 bridgehead atoms.